The molecule has 1 saturated heterocycles. The summed E-state index contributed by atoms with van der Waals surface area (Å²) in [5.74, 6) is 0.632. The zero-order chi connectivity index (χ0) is 17.6. The molecule has 1 amide bonds. The fourth-order valence-electron chi connectivity index (χ4n) is 2.86. The third-order valence-corrected chi connectivity index (χ3v) is 4.86. The van der Waals surface area contributed by atoms with E-state index in [9.17, 15) is 4.79 Å². The molecule has 3 heterocycles. The van der Waals surface area contributed by atoms with Gasteiger partial charge in [0.25, 0.3) is 0 Å². The number of hydrogen-bond acceptors (Lipinski definition) is 4. The zero-order valence-electron chi connectivity index (χ0n) is 14.0. The van der Waals surface area contributed by atoms with E-state index in [4.69, 9.17) is 11.6 Å². The van der Waals surface area contributed by atoms with E-state index < -0.39 is 0 Å². The number of aromatic amines is 1. The lowest BCUT2D eigenvalue weighted by molar-refractivity contribution is -0.127. The molecule has 0 unspecified atom stereocenters. The first-order valence-corrected chi connectivity index (χ1v) is 8.47. The van der Waals surface area contributed by atoms with Crippen molar-refractivity contribution in [1.82, 2.24) is 20.3 Å². The standard InChI is InChI=1S/C18H18ClN5O/c1-10-5-14-16(21-7-10)24-15(23-14)12-6-11(3-4-13(12)19)22-17(25)18(2)8-20-9-18/h3-7,20H,8-9H2,1-2H3,(H,22,25)(H,21,23,24). The average molecular weight is 356 g/mol. The Kier molecular flexibility index (Phi) is 3.74. The number of aryl methyl sites for hydroxylation is 1. The Morgan fingerprint density at radius 1 is 1.32 bits per heavy atom. The lowest BCUT2D eigenvalue weighted by Gasteiger charge is -2.37. The van der Waals surface area contributed by atoms with Gasteiger partial charge in [-0.15, -0.1) is 0 Å². The summed E-state index contributed by atoms with van der Waals surface area (Å²) < 4.78 is 0. The van der Waals surface area contributed by atoms with E-state index in [1.165, 1.54) is 0 Å². The summed E-state index contributed by atoms with van der Waals surface area (Å²) >= 11 is 6.35. The van der Waals surface area contributed by atoms with Crippen molar-refractivity contribution in [3.05, 3.63) is 41.0 Å². The topological polar surface area (TPSA) is 82.7 Å². The number of halogens is 1. The van der Waals surface area contributed by atoms with E-state index in [0.29, 0.717) is 35.3 Å². The van der Waals surface area contributed by atoms with Crippen LogP contribution in [0.3, 0.4) is 0 Å². The molecule has 4 rings (SSSR count). The van der Waals surface area contributed by atoms with Gasteiger partial charge in [0, 0.05) is 30.5 Å². The number of pyridine rings is 1. The minimum Gasteiger partial charge on any atom is -0.337 e. The Labute approximate surface area is 150 Å². The monoisotopic (exact) mass is 355 g/mol. The predicted molar refractivity (Wildman–Crippen MR) is 98.7 cm³/mol. The fourth-order valence-corrected chi connectivity index (χ4v) is 3.07. The van der Waals surface area contributed by atoms with Crippen LogP contribution < -0.4 is 10.6 Å². The lowest BCUT2D eigenvalue weighted by atomic mass is 9.83. The number of carbonyl (C=O) groups excluding carboxylic acids is 1. The minimum atomic E-state index is -0.361. The number of rotatable bonds is 3. The predicted octanol–water partition coefficient (Wildman–Crippen LogP) is 3.13. The Hall–Kier alpha value is -2.44. The molecule has 7 heteroatoms. The molecule has 1 aromatic carbocycles. The van der Waals surface area contributed by atoms with Crippen molar-refractivity contribution in [3.63, 3.8) is 0 Å². The van der Waals surface area contributed by atoms with Crippen molar-refractivity contribution in [2.45, 2.75) is 13.8 Å². The number of carbonyl (C=O) groups is 1. The summed E-state index contributed by atoms with van der Waals surface area (Å²) in [6, 6.07) is 7.38. The van der Waals surface area contributed by atoms with Crippen molar-refractivity contribution in [2.24, 2.45) is 5.41 Å². The molecule has 3 N–H and O–H groups in total. The van der Waals surface area contributed by atoms with Crippen LogP contribution in [0.25, 0.3) is 22.6 Å². The van der Waals surface area contributed by atoms with Crippen LogP contribution in [0.4, 0.5) is 5.69 Å². The molecule has 6 nitrogen and oxygen atoms in total. The van der Waals surface area contributed by atoms with Crippen molar-refractivity contribution in [2.75, 3.05) is 18.4 Å². The minimum absolute atomic E-state index is 0.00131. The van der Waals surface area contributed by atoms with Crippen LogP contribution in [0.5, 0.6) is 0 Å². The molecule has 128 valence electrons. The third kappa shape index (κ3) is 2.88. The Bertz CT molecular complexity index is 977. The normalized spacial score (nSPS) is 15.8. The average Bonchev–Trinajstić information content (AvgIpc) is 2.97. The highest BCUT2D eigenvalue weighted by Crippen LogP contribution is 2.31. The Balaban J connectivity index is 1.67. The Morgan fingerprint density at radius 3 is 2.84 bits per heavy atom. The Morgan fingerprint density at radius 2 is 2.12 bits per heavy atom. The summed E-state index contributed by atoms with van der Waals surface area (Å²) in [5, 5.41) is 6.66. The molecule has 0 aliphatic carbocycles. The number of anilines is 1. The van der Waals surface area contributed by atoms with E-state index in [1.807, 2.05) is 26.0 Å². The number of benzene rings is 1. The molecule has 0 radical (unpaired) electrons. The van der Waals surface area contributed by atoms with Crippen LogP contribution >= 0.6 is 11.6 Å². The molecule has 0 saturated carbocycles. The maximum absolute atomic E-state index is 12.4. The summed E-state index contributed by atoms with van der Waals surface area (Å²) in [7, 11) is 0. The van der Waals surface area contributed by atoms with Crippen LogP contribution in [0, 0.1) is 12.3 Å². The second kappa shape index (κ2) is 5.82. The van der Waals surface area contributed by atoms with Crippen molar-refractivity contribution >= 4 is 34.4 Å². The fraction of sp³-hybridized carbons (Fsp3) is 0.278. The molecule has 0 atom stereocenters. The smallest absolute Gasteiger partial charge is 0.232 e. The number of aromatic nitrogens is 3. The highest BCUT2D eigenvalue weighted by Gasteiger charge is 2.39. The molecule has 25 heavy (non-hydrogen) atoms. The largest absolute Gasteiger partial charge is 0.337 e. The molecule has 1 fully saturated rings. The highest BCUT2D eigenvalue weighted by molar-refractivity contribution is 6.33. The van der Waals surface area contributed by atoms with Crippen LogP contribution in [0.15, 0.2) is 30.5 Å². The number of nitrogens with zero attached hydrogens (tertiary/aromatic N) is 2. The van der Waals surface area contributed by atoms with E-state index in [-0.39, 0.29) is 11.3 Å². The van der Waals surface area contributed by atoms with Crippen molar-refractivity contribution < 1.29 is 4.79 Å². The number of imidazole rings is 1. The number of nitrogens with one attached hydrogen (secondary N) is 3. The molecule has 0 bridgehead atoms. The first kappa shape index (κ1) is 16.1. The van der Waals surface area contributed by atoms with E-state index >= 15 is 0 Å². The first-order valence-electron chi connectivity index (χ1n) is 8.09. The third-order valence-electron chi connectivity index (χ3n) is 4.53. The van der Waals surface area contributed by atoms with Crippen molar-refractivity contribution in [3.8, 4) is 11.4 Å². The molecule has 2 aromatic heterocycles. The SMILES string of the molecule is Cc1cnc2nc(-c3cc(NC(=O)C4(C)CNC4)ccc3Cl)[nH]c2c1. The lowest BCUT2D eigenvalue weighted by Crippen LogP contribution is -2.58. The van der Waals surface area contributed by atoms with Gasteiger partial charge in [-0.25, -0.2) is 9.97 Å². The van der Waals surface area contributed by atoms with Crippen LogP contribution in [0.2, 0.25) is 5.02 Å². The van der Waals surface area contributed by atoms with Gasteiger partial charge in [-0.05, 0) is 43.7 Å². The van der Waals surface area contributed by atoms with Gasteiger partial charge in [-0.1, -0.05) is 11.6 Å². The second-order valence-electron chi connectivity index (χ2n) is 6.78. The van der Waals surface area contributed by atoms with Gasteiger partial charge in [-0.3, -0.25) is 4.79 Å². The highest BCUT2D eigenvalue weighted by atomic mass is 35.5. The van der Waals surface area contributed by atoms with Crippen LogP contribution in [-0.4, -0.2) is 33.9 Å². The molecular formula is C18H18ClN5O. The van der Waals surface area contributed by atoms with E-state index in [1.54, 1.807) is 18.3 Å². The number of hydrogen-bond donors (Lipinski definition) is 3. The van der Waals surface area contributed by atoms with Gasteiger partial charge in [0.05, 0.1) is 16.0 Å². The van der Waals surface area contributed by atoms with E-state index in [0.717, 1.165) is 16.6 Å². The van der Waals surface area contributed by atoms with Crippen LogP contribution in [0.1, 0.15) is 12.5 Å². The van der Waals surface area contributed by atoms with Gasteiger partial charge >= 0.3 is 0 Å². The van der Waals surface area contributed by atoms with Gasteiger partial charge in [0.1, 0.15) is 5.82 Å². The quantitative estimate of drug-likeness (QED) is 0.674. The number of fused-ring (bicyclic) bond motifs is 1. The summed E-state index contributed by atoms with van der Waals surface area (Å²) in [4.78, 5) is 24.5. The summed E-state index contributed by atoms with van der Waals surface area (Å²) in [6.07, 6.45) is 1.78. The number of H-pyrrole nitrogens is 1. The molecular weight excluding hydrogens is 338 g/mol. The summed E-state index contributed by atoms with van der Waals surface area (Å²) in [5.41, 5.74) is 3.61. The first-order chi connectivity index (χ1) is 11.9. The van der Waals surface area contributed by atoms with Gasteiger partial charge in [0.2, 0.25) is 5.91 Å². The van der Waals surface area contributed by atoms with Gasteiger partial charge in [-0.2, -0.15) is 0 Å². The maximum atomic E-state index is 12.4. The maximum Gasteiger partial charge on any atom is 0.232 e. The zero-order valence-corrected chi connectivity index (χ0v) is 14.7. The molecule has 1 aliphatic heterocycles. The van der Waals surface area contributed by atoms with Crippen LogP contribution in [-0.2, 0) is 4.79 Å². The number of amides is 1. The van der Waals surface area contributed by atoms with Gasteiger partial charge in [0.15, 0.2) is 5.65 Å². The second-order valence-corrected chi connectivity index (χ2v) is 7.19. The van der Waals surface area contributed by atoms with E-state index in [2.05, 4.69) is 25.6 Å². The molecule has 1 aliphatic rings. The molecule has 3 aromatic rings. The van der Waals surface area contributed by atoms with Gasteiger partial charge < -0.3 is 15.6 Å². The summed E-state index contributed by atoms with van der Waals surface area (Å²) in [6.45, 7) is 5.30. The molecule has 0 spiro atoms. The van der Waals surface area contributed by atoms with Crippen molar-refractivity contribution in [1.29, 1.82) is 0 Å².